The van der Waals surface area contributed by atoms with Crippen molar-refractivity contribution in [3.05, 3.63) is 33.9 Å². The van der Waals surface area contributed by atoms with Crippen LogP contribution in [-0.2, 0) is 0 Å². The van der Waals surface area contributed by atoms with Gasteiger partial charge >= 0.3 is 0 Å². The van der Waals surface area contributed by atoms with Crippen molar-refractivity contribution in [2.24, 2.45) is 0 Å². The second kappa shape index (κ2) is 3.63. The summed E-state index contributed by atoms with van der Waals surface area (Å²) in [6.45, 7) is 0. The van der Waals surface area contributed by atoms with Crippen molar-refractivity contribution in [1.82, 2.24) is 5.16 Å². The Morgan fingerprint density at radius 2 is 2.07 bits per heavy atom. The molecular formula is C9H6BrClN2O. The maximum atomic E-state index is 5.85. The van der Waals surface area contributed by atoms with E-state index in [-0.39, 0.29) is 11.0 Å². The van der Waals surface area contributed by atoms with Gasteiger partial charge < -0.3 is 10.3 Å². The number of benzene rings is 1. The molecule has 0 aliphatic rings. The van der Waals surface area contributed by atoms with Gasteiger partial charge in [0.2, 0.25) is 5.88 Å². The minimum absolute atomic E-state index is 0.224. The smallest absolute Gasteiger partial charge is 0.231 e. The number of nitrogen functional groups attached to an aromatic ring is 1. The first-order valence-electron chi connectivity index (χ1n) is 3.85. The lowest BCUT2D eigenvalue weighted by atomic mass is 10.1. The summed E-state index contributed by atoms with van der Waals surface area (Å²) in [5.41, 5.74) is 7.10. The second-order valence-electron chi connectivity index (χ2n) is 2.69. The van der Waals surface area contributed by atoms with Crippen LogP contribution < -0.4 is 5.73 Å². The molecule has 0 unspecified atom stereocenters. The van der Waals surface area contributed by atoms with Gasteiger partial charge in [0.05, 0.1) is 5.56 Å². The minimum Gasteiger partial charge on any atom is -0.367 e. The Balaban J connectivity index is 2.66. The van der Waals surface area contributed by atoms with Gasteiger partial charge in [-0.15, -0.1) is 0 Å². The average Bonchev–Trinajstić information content (AvgIpc) is 2.48. The molecule has 2 N–H and O–H groups in total. The monoisotopic (exact) mass is 272 g/mol. The molecule has 0 spiro atoms. The van der Waals surface area contributed by atoms with E-state index in [0.717, 1.165) is 10.0 Å². The summed E-state index contributed by atoms with van der Waals surface area (Å²) in [6.07, 6.45) is 0. The molecule has 0 radical (unpaired) electrons. The van der Waals surface area contributed by atoms with Gasteiger partial charge in [-0.25, -0.2) is 0 Å². The van der Waals surface area contributed by atoms with Crippen LogP contribution in [0.15, 0.2) is 33.3 Å². The third kappa shape index (κ3) is 1.51. The van der Waals surface area contributed by atoms with Crippen molar-refractivity contribution < 1.29 is 4.52 Å². The summed E-state index contributed by atoms with van der Waals surface area (Å²) in [6, 6.07) is 7.59. The van der Waals surface area contributed by atoms with Gasteiger partial charge in [0, 0.05) is 10.0 Å². The van der Waals surface area contributed by atoms with Gasteiger partial charge in [0.1, 0.15) is 0 Å². The van der Waals surface area contributed by atoms with E-state index in [1.165, 1.54) is 0 Å². The molecule has 0 aliphatic carbocycles. The molecule has 0 amide bonds. The fraction of sp³-hybridized carbons (Fsp3) is 0. The van der Waals surface area contributed by atoms with E-state index in [2.05, 4.69) is 21.1 Å². The molecule has 0 saturated heterocycles. The van der Waals surface area contributed by atoms with E-state index in [1.54, 1.807) is 0 Å². The normalized spacial score (nSPS) is 10.4. The maximum absolute atomic E-state index is 5.85. The summed E-state index contributed by atoms with van der Waals surface area (Å²) in [5.74, 6) is 0.224. The van der Waals surface area contributed by atoms with Gasteiger partial charge in [-0.05, 0) is 6.07 Å². The Bertz CT molecular complexity index is 450. The number of rotatable bonds is 1. The number of anilines is 1. The van der Waals surface area contributed by atoms with Gasteiger partial charge in [0.25, 0.3) is 0 Å². The summed E-state index contributed by atoms with van der Waals surface area (Å²) in [4.78, 5) is 0. The van der Waals surface area contributed by atoms with Crippen molar-refractivity contribution >= 4 is 33.4 Å². The minimum atomic E-state index is 0.224. The largest absolute Gasteiger partial charge is 0.367 e. The highest BCUT2D eigenvalue weighted by molar-refractivity contribution is 9.10. The second-order valence-corrected chi connectivity index (χ2v) is 3.90. The molecule has 2 rings (SSSR count). The lowest BCUT2D eigenvalue weighted by Gasteiger charge is -2.01. The topological polar surface area (TPSA) is 52.0 Å². The van der Waals surface area contributed by atoms with Crippen molar-refractivity contribution in [2.75, 3.05) is 5.73 Å². The number of nitrogens with zero attached hydrogens (tertiary/aromatic N) is 1. The van der Waals surface area contributed by atoms with Crippen LogP contribution in [0.1, 0.15) is 0 Å². The molecule has 0 aliphatic heterocycles. The maximum Gasteiger partial charge on any atom is 0.231 e. The predicted octanol–water partition coefficient (Wildman–Crippen LogP) is 3.34. The Morgan fingerprint density at radius 3 is 2.64 bits per heavy atom. The van der Waals surface area contributed by atoms with Crippen LogP contribution in [0.5, 0.6) is 0 Å². The summed E-state index contributed by atoms with van der Waals surface area (Å²) >= 11 is 9.25. The average molecular weight is 274 g/mol. The van der Waals surface area contributed by atoms with Crippen LogP contribution in [-0.4, -0.2) is 5.16 Å². The van der Waals surface area contributed by atoms with Crippen LogP contribution in [0, 0.1) is 0 Å². The Morgan fingerprint density at radius 1 is 1.36 bits per heavy atom. The zero-order valence-corrected chi connectivity index (χ0v) is 9.34. The SMILES string of the molecule is Nc1onc(Cl)c1-c1ccccc1Br. The number of nitrogens with two attached hydrogens (primary N) is 1. The van der Waals surface area contributed by atoms with Crippen LogP contribution in [0.2, 0.25) is 5.15 Å². The number of hydrogen-bond acceptors (Lipinski definition) is 3. The van der Waals surface area contributed by atoms with Crippen LogP contribution in [0.4, 0.5) is 5.88 Å². The van der Waals surface area contributed by atoms with Crippen LogP contribution in [0.3, 0.4) is 0 Å². The van der Waals surface area contributed by atoms with Gasteiger partial charge in [-0.3, -0.25) is 0 Å². The first-order chi connectivity index (χ1) is 6.70. The first-order valence-corrected chi connectivity index (χ1v) is 5.03. The molecule has 3 nitrogen and oxygen atoms in total. The molecule has 0 bridgehead atoms. The van der Waals surface area contributed by atoms with Gasteiger partial charge in [-0.1, -0.05) is 50.9 Å². The lowest BCUT2D eigenvalue weighted by Crippen LogP contribution is -1.86. The van der Waals surface area contributed by atoms with Crippen molar-refractivity contribution in [2.45, 2.75) is 0 Å². The summed E-state index contributed by atoms with van der Waals surface area (Å²) in [5, 5.41) is 3.85. The fourth-order valence-corrected chi connectivity index (χ4v) is 1.90. The van der Waals surface area contributed by atoms with E-state index < -0.39 is 0 Å². The third-order valence-electron chi connectivity index (χ3n) is 1.82. The molecule has 1 heterocycles. The molecule has 1 aromatic carbocycles. The molecule has 1 aromatic heterocycles. The lowest BCUT2D eigenvalue weighted by molar-refractivity contribution is 0.437. The molecule has 0 fully saturated rings. The van der Waals surface area contributed by atoms with Gasteiger partial charge in [0.15, 0.2) is 5.15 Å². The van der Waals surface area contributed by atoms with E-state index in [4.69, 9.17) is 21.9 Å². The first kappa shape index (κ1) is 9.55. The van der Waals surface area contributed by atoms with E-state index in [0.29, 0.717) is 5.56 Å². The van der Waals surface area contributed by atoms with Crippen LogP contribution >= 0.6 is 27.5 Å². The van der Waals surface area contributed by atoms with Crippen molar-refractivity contribution in [3.63, 3.8) is 0 Å². The van der Waals surface area contributed by atoms with E-state index in [1.807, 2.05) is 24.3 Å². The van der Waals surface area contributed by atoms with E-state index in [9.17, 15) is 0 Å². The molecule has 72 valence electrons. The zero-order valence-electron chi connectivity index (χ0n) is 7.00. The van der Waals surface area contributed by atoms with Gasteiger partial charge in [-0.2, -0.15) is 0 Å². The Kier molecular flexibility index (Phi) is 2.48. The number of aromatic nitrogens is 1. The summed E-state index contributed by atoms with van der Waals surface area (Å²) < 4.78 is 5.68. The molecule has 0 saturated carbocycles. The standard InChI is InChI=1S/C9H6BrClN2O/c10-6-4-2-1-3-5(6)7-8(11)13-14-9(7)12/h1-4H,12H2. The Hall–Kier alpha value is -1.00. The predicted molar refractivity (Wildman–Crippen MR) is 59.1 cm³/mol. The Labute approximate surface area is 94.0 Å². The highest BCUT2D eigenvalue weighted by Gasteiger charge is 2.15. The zero-order chi connectivity index (χ0) is 10.1. The highest BCUT2D eigenvalue weighted by atomic mass is 79.9. The molecular weight excluding hydrogens is 267 g/mol. The fourth-order valence-electron chi connectivity index (χ4n) is 1.19. The van der Waals surface area contributed by atoms with Crippen molar-refractivity contribution in [1.29, 1.82) is 0 Å². The number of hydrogen-bond donors (Lipinski definition) is 1. The summed E-state index contributed by atoms with van der Waals surface area (Å²) in [7, 11) is 0. The quantitative estimate of drug-likeness (QED) is 0.867. The van der Waals surface area contributed by atoms with Crippen molar-refractivity contribution in [3.8, 4) is 11.1 Å². The number of halogens is 2. The molecule has 14 heavy (non-hydrogen) atoms. The molecule has 2 aromatic rings. The molecule has 0 atom stereocenters. The highest BCUT2D eigenvalue weighted by Crippen LogP contribution is 2.36. The van der Waals surface area contributed by atoms with Crippen LogP contribution in [0.25, 0.3) is 11.1 Å². The van der Waals surface area contributed by atoms with E-state index >= 15 is 0 Å². The molecule has 5 heteroatoms. The third-order valence-corrected chi connectivity index (χ3v) is 2.77.